The van der Waals surface area contributed by atoms with Gasteiger partial charge in [0.2, 0.25) is 5.95 Å². The Morgan fingerprint density at radius 2 is 1.67 bits per heavy atom. The number of fused-ring (bicyclic) bond motifs is 1. The highest BCUT2D eigenvalue weighted by Crippen LogP contribution is 2.28. The van der Waals surface area contributed by atoms with E-state index in [4.69, 9.17) is 9.97 Å². The zero-order chi connectivity index (χ0) is 18.6. The van der Waals surface area contributed by atoms with E-state index in [0.717, 1.165) is 41.7 Å². The Morgan fingerprint density at radius 1 is 0.963 bits per heavy atom. The van der Waals surface area contributed by atoms with Crippen LogP contribution >= 0.6 is 0 Å². The number of piperidine rings is 1. The molecule has 1 aliphatic heterocycles. The summed E-state index contributed by atoms with van der Waals surface area (Å²) < 4.78 is 0. The number of hydrogen-bond acceptors (Lipinski definition) is 4. The molecule has 0 aliphatic carbocycles. The number of rotatable bonds is 5. The van der Waals surface area contributed by atoms with Gasteiger partial charge in [0.1, 0.15) is 5.82 Å². The van der Waals surface area contributed by atoms with Crippen LogP contribution in [0, 0.1) is 5.92 Å². The van der Waals surface area contributed by atoms with E-state index < -0.39 is 0 Å². The molecule has 0 spiro atoms. The van der Waals surface area contributed by atoms with Gasteiger partial charge in [-0.25, -0.2) is 4.98 Å². The number of para-hydroxylation sites is 1. The molecule has 0 saturated carbocycles. The molecular formula is C23H28N4. The summed E-state index contributed by atoms with van der Waals surface area (Å²) in [7, 11) is 0. The molecule has 0 atom stereocenters. The van der Waals surface area contributed by atoms with Gasteiger partial charge in [0, 0.05) is 24.5 Å². The van der Waals surface area contributed by atoms with E-state index in [1.807, 2.05) is 12.1 Å². The summed E-state index contributed by atoms with van der Waals surface area (Å²) in [6.07, 6.45) is 3.56. The first-order chi connectivity index (χ1) is 13.2. The van der Waals surface area contributed by atoms with Crippen molar-refractivity contribution in [1.29, 1.82) is 0 Å². The predicted octanol–water partition coefficient (Wildman–Crippen LogP) is 4.91. The maximum absolute atomic E-state index is 4.88. The summed E-state index contributed by atoms with van der Waals surface area (Å²) >= 11 is 0. The molecule has 1 fully saturated rings. The molecule has 0 unspecified atom stereocenters. The van der Waals surface area contributed by atoms with Gasteiger partial charge in [-0.15, -0.1) is 0 Å². The van der Waals surface area contributed by atoms with Gasteiger partial charge in [-0.1, -0.05) is 42.5 Å². The number of aromatic nitrogens is 2. The summed E-state index contributed by atoms with van der Waals surface area (Å²) in [4.78, 5) is 12.1. The summed E-state index contributed by atoms with van der Waals surface area (Å²) in [5.74, 6) is 2.55. The standard InChI is InChI=1S/C23H28N4/c1-17(2)24-22-20-10-6-7-11-21(20)25-23(26-22)27-14-12-19(13-15-27)16-18-8-4-3-5-9-18/h3-11,17,19H,12-16H2,1-2H3,(H,24,25,26). The van der Waals surface area contributed by atoms with Gasteiger partial charge in [0.15, 0.2) is 0 Å². The average molecular weight is 361 g/mol. The molecule has 1 aliphatic rings. The Hall–Kier alpha value is -2.62. The van der Waals surface area contributed by atoms with Crippen LogP contribution in [0.4, 0.5) is 11.8 Å². The molecule has 1 saturated heterocycles. The first kappa shape index (κ1) is 17.8. The third-order valence-corrected chi connectivity index (χ3v) is 5.28. The van der Waals surface area contributed by atoms with Crippen LogP contribution in [0.1, 0.15) is 32.3 Å². The van der Waals surface area contributed by atoms with Crippen LogP contribution in [0.2, 0.25) is 0 Å². The molecule has 4 rings (SSSR count). The van der Waals surface area contributed by atoms with Gasteiger partial charge >= 0.3 is 0 Å². The monoisotopic (exact) mass is 360 g/mol. The molecule has 0 radical (unpaired) electrons. The summed E-state index contributed by atoms with van der Waals surface area (Å²) in [5, 5.41) is 4.58. The zero-order valence-electron chi connectivity index (χ0n) is 16.2. The van der Waals surface area contributed by atoms with Gasteiger partial charge in [-0.2, -0.15) is 4.98 Å². The van der Waals surface area contributed by atoms with E-state index in [0.29, 0.717) is 6.04 Å². The molecule has 2 heterocycles. The molecule has 1 N–H and O–H groups in total. The zero-order valence-corrected chi connectivity index (χ0v) is 16.2. The largest absolute Gasteiger partial charge is 0.367 e. The highest BCUT2D eigenvalue weighted by Gasteiger charge is 2.22. The lowest BCUT2D eigenvalue weighted by atomic mass is 9.90. The normalized spacial score (nSPS) is 15.4. The predicted molar refractivity (Wildman–Crippen MR) is 113 cm³/mol. The SMILES string of the molecule is CC(C)Nc1nc(N2CCC(Cc3ccccc3)CC2)nc2ccccc12. The molecule has 3 aromatic rings. The van der Waals surface area contributed by atoms with E-state index in [9.17, 15) is 0 Å². The summed E-state index contributed by atoms with van der Waals surface area (Å²) in [6, 6.07) is 19.4. The van der Waals surface area contributed by atoms with Crippen molar-refractivity contribution in [3.63, 3.8) is 0 Å². The molecule has 1 aromatic heterocycles. The van der Waals surface area contributed by atoms with Crippen molar-refractivity contribution >= 4 is 22.7 Å². The molecule has 0 bridgehead atoms. The lowest BCUT2D eigenvalue weighted by molar-refractivity contribution is 0.401. The van der Waals surface area contributed by atoms with E-state index in [2.05, 4.69) is 66.5 Å². The minimum atomic E-state index is 0.341. The Bertz CT molecular complexity index is 883. The van der Waals surface area contributed by atoms with Gasteiger partial charge < -0.3 is 10.2 Å². The smallest absolute Gasteiger partial charge is 0.227 e. The van der Waals surface area contributed by atoms with Crippen LogP contribution in [0.5, 0.6) is 0 Å². The van der Waals surface area contributed by atoms with Crippen LogP contribution in [-0.4, -0.2) is 29.1 Å². The van der Waals surface area contributed by atoms with Crippen molar-refractivity contribution in [1.82, 2.24) is 9.97 Å². The number of anilines is 2. The lowest BCUT2D eigenvalue weighted by Crippen LogP contribution is -2.35. The summed E-state index contributed by atoms with van der Waals surface area (Å²) in [5.41, 5.74) is 2.46. The van der Waals surface area contributed by atoms with Gasteiger partial charge in [0.25, 0.3) is 0 Å². The Balaban J connectivity index is 1.50. The lowest BCUT2D eigenvalue weighted by Gasteiger charge is -2.32. The van der Waals surface area contributed by atoms with Crippen molar-refractivity contribution in [3.05, 3.63) is 60.2 Å². The van der Waals surface area contributed by atoms with E-state index in [-0.39, 0.29) is 0 Å². The number of hydrogen-bond donors (Lipinski definition) is 1. The second-order valence-corrected chi connectivity index (χ2v) is 7.81. The van der Waals surface area contributed by atoms with Gasteiger partial charge in [-0.3, -0.25) is 0 Å². The highest BCUT2D eigenvalue weighted by atomic mass is 15.3. The Morgan fingerprint density at radius 3 is 2.41 bits per heavy atom. The first-order valence-electron chi connectivity index (χ1n) is 10.0. The third-order valence-electron chi connectivity index (χ3n) is 5.28. The quantitative estimate of drug-likeness (QED) is 0.702. The minimum Gasteiger partial charge on any atom is -0.367 e. The Kier molecular flexibility index (Phi) is 5.23. The highest BCUT2D eigenvalue weighted by molar-refractivity contribution is 5.90. The first-order valence-corrected chi connectivity index (χ1v) is 10.0. The van der Waals surface area contributed by atoms with Gasteiger partial charge in [-0.05, 0) is 56.7 Å². The summed E-state index contributed by atoms with van der Waals surface area (Å²) in [6.45, 7) is 6.34. The van der Waals surface area contributed by atoms with Crippen LogP contribution in [0.3, 0.4) is 0 Å². The molecule has 27 heavy (non-hydrogen) atoms. The Labute approximate surface area is 161 Å². The maximum Gasteiger partial charge on any atom is 0.227 e. The number of nitrogens with one attached hydrogen (secondary N) is 1. The number of benzene rings is 2. The molecule has 2 aromatic carbocycles. The average Bonchev–Trinajstić information content (AvgIpc) is 2.69. The maximum atomic E-state index is 4.88. The second-order valence-electron chi connectivity index (χ2n) is 7.81. The molecule has 140 valence electrons. The van der Waals surface area contributed by atoms with Crippen molar-refractivity contribution < 1.29 is 0 Å². The fraction of sp³-hybridized carbons (Fsp3) is 0.391. The van der Waals surface area contributed by atoms with E-state index >= 15 is 0 Å². The van der Waals surface area contributed by atoms with Crippen LogP contribution in [0.25, 0.3) is 10.9 Å². The van der Waals surface area contributed by atoms with E-state index in [1.54, 1.807) is 0 Å². The third kappa shape index (κ3) is 4.21. The number of nitrogens with zero attached hydrogens (tertiary/aromatic N) is 3. The van der Waals surface area contributed by atoms with Crippen molar-refractivity contribution in [3.8, 4) is 0 Å². The van der Waals surface area contributed by atoms with Crippen LogP contribution in [0.15, 0.2) is 54.6 Å². The van der Waals surface area contributed by atoms with Crippen LogP contribution < -0.4 is 10.2 Å². The fourth-order valence-electron chi connectivity index (χ4n) is 3.87. The van der Waals surface area contributed by atoms with E-state index in [1.165, 1.54) is 24.8 Å². The van der Waals surface area contributed by atoms with Crippen LogP contribution in [-0.2, 0) is 6.42 Å². The fourth-order valence-corrected chi connectivity index (χ4v) is 3.87. The molecule has 0 amide bonds. The van der Waals surface area contributed by atoms with Crippen molar-refractivity contribution in [2.75, 3.05) is 23.3 Å². The molecule has 4 heteroatoms. The second kappa shape index (κ2) is 7.95. The van der Waals surface area contributed by atoms with Crippen molar-refractivity contribution in [2.45, 2.75) is 39.2 Å². The molecular weight excluding hydrogens is 332 g/mol. The molecule has 4 nitrogen and oxygen atoms in total. The van der Waals surface area contributed by atoms with Crippen molar-refractivity contribution in [2.24, 2.45) is 5.92 Å². The topological polar surface area (TPSA) is 41.1 Å². The minimum absolute atomic E-state index is 0.341. The van der Waals surface area contributed by atoms with Gasteiger partial charge in [0.05, 0.1) is 5.52 Å².